The zero-order valence-corrected chi connectivity index (χ0v) is 23.4. The van der Waals surface area contributed by atoms with Gasteiger partial charge in [0.25, 0.3) is 0 Å². The highest BCUT2D eigenvalue weighted by molar-refractivity contribution is 5.60. The summed E-state index contributed by atoms with van der Waals surface area (Å²) in [5.74, 6) is -1.53. The van der Waals surface area contributed by atoms with E-state index in [1.807, 2.05) is 0 Å². The Hall–Kier alpha value is -4.74. The quantitative estimate of drug-likeness (QED) is 0.140. The lowest BCUT2D eigenvalue weighted by Crippen LogP contribution is -2.57. The Bertz CT molecular complexity index is 1680. The minimum atomic E-state index is -1.74. The van der Waals surface area contributed by atoms with Gasteiger partial charge in [0.1, 0.15) is 17.6 Å². The molecule has 1 aliphatic heterocycles. The molecule has 0 aromatic heterocycles. The van der Waals surface area contributed by atoms with Gasteiger partial charge in [0.05, 0.1) is 25.2 Å². The first-order valence-electron chi connectivity index (χ1n) is 14.1. The Morgan fingerprint density at radius 1 is 0.750 bits per heavy atom. The molecule has 1 unspecified atom stereocenters. The largest absolute Gasteiger partial charge is 0.508 e. The molecule has 2 aliphatic rings. The minimum absolute atomic E-state index is 0.0416. The molecule has 0 spiro atoms. The van der Waals surface area contributed by atoms with Crippen LogP contribution in [0.1, 0.15) is 39.7 Å². The third-order valence-corrected chi connectivity index (χ3v) is 8.42. The van der Waals surface area contributed by atoms with E-state index in [9.17, 15) is 40.9 Å². The van der Waals surface area contributed by atoms with Crippen LogP contribution in [0.15, 0.2) is 84.9 Å². The van der Waals surface area contributed by atoms with E-state index < -0.39 is 54.7 Å². The standard InChI is InChI=1S/C34H32O10/c35-16-28(41)23(11-3-18-1-7-21(37)8-2-18)20-6-12-29-30(13-20)44-34(31(42)17-36)25-15-27(40)26(39)14-24(25)32(33(34)43-29)19-4-9-22(38)10-5-19/h1-15,23,28,31-33,35-42H,16-17H2/b11-3+/t23?,28-,31-,32-,33-,34-/m1/s1. The van der Waals surface area contributed by atoms with Crippen LogP contribution in [0.3, 0.4) is 0 Å². The number of phenolic OH excluding ortho intramolecular Hbond substituents is 4. The number of benzene rings is 4. The fraction of sp³-hybridized carbons (Fsp3) is 0.235. The Labute approximate surface area is 252 Å². The molecule has 0 fully saturated rings. The second-order valence-electron chi connectivity index (χ2n) is 11.1. The van der Waals surface area contributed by atoms with E-state index in [-0.39, 0.29) is 23.0 Å². The Morgan fingerprint density at radius 3 is 2.07 bits per heavy atom. The predicted octanol–water partition coefficient (Wildman–Crippen LogP) is 3.19. The SMILES string of the molecule is OC[C@@H](O)C(/C=C/c1ccc(O)cc1)c1ccc2c(c1)O[C@@]1([C@H](O)CO)c3cc(O)c(O)cc3[C@@H](c3ccc(O)cc3)[C@H]1O2. The van der Waals surface area contributed by atoms with Gasteiger partial charge in [-0.2, -0.15) is 0 Å². The van der Waals surface area contributed by atoms with Crippen LogP contribution in [0.5, 0.6) is 34.5 Å². The predicted molar refractivity (Wildman–Crippen MR) is 159 cm³/mol. The zero-order chi connectivity index (χ0) is 31.2. The summed E-state index contributed by atoms with van der Waals surface area (Å²) in [5, 5.41) is 82.6. The number of hydrogen-bond donors (Lipinski definition) is 8. The minimum Gasteiger partial charge on any atom is -0.508 e. The van der Waals surface area contributed by atoms with Crippen LogP contribution in [0.4, 0.5) is 0 Å². The van der Waals surface area contributed by atoms with Gasteiger partial charge in [0.15, 0.2) is 34.7 Å². The number of phenols is 4. The molecule has 0 bridgehead atoms. The second-order valence-corrected chi connectivity index (χ2v) is 11.1. The molecule has 10 nitrogen and oxygen atoms in total. The molecule has 0 radical (unpaired) electrons. The normalized spacial score (nSPS) is 22.3. The molecule has 44 heavy (non-hydrogen) atoms. The highest BCUT2D eigenvalue weighted by Crippen LogP contribution is 2.58. The molecular weight excluding hydrogens is 568 g/mol. The van der Waals surface area contributed by atoms with Crippen molar-refractivity contribution in [3.05, 3.63) is 113 Å². The number of ether oxygens (including phenoxy) is 2. The van der Waals surface area contributed by atoms with E-state index in [0.29, 0.717) is 28.0 Å². The van der Waals surface area contributed by atoms with E-state index in [1.54, 1.807) is 54.6 Å². The number of fused-ring (bicyclic) bond motifs is 4. The maximum atomic E-state index is 11.4. The number of rotatable bonds is 8. The molecular formula is C34H32O10. The smallest absolute Gasteiger partial charge is 0.200 e. The van der Waals surface area contributed by atoms with Crippen LogP contribution in [-0.2, 0) is 5.60 Å². The second kappa shape index (κ2) is 11.4. The highest BCUT2D eigenvalue weighted by atomic mass is 16.6. The Morgan fingerprint density at radius 2 is 1.41 bits per heavy atom. The van der Waals surface area contributed by atoms with Gasteiger partial charge in [0.2, 0.25) is 0 Å². The summed E-state index contributed by atoms with van der Waals surface area (Å²) in [4.78, 5) is 0. The molecule has 4 aromatic carbocycles. The number of aliphatic hydroxyl groups is 4. The van der Waals surface area contributed by atoms with Crippen LogP contribution >= 0.6 is 0 Å². The molecule has 8 N–H and O–H groups in total. The summed E-state index contributed by atoms with van der Waals surface area (Å²) < 4.78 is 13.1. The first kappa shape index (κ1) is 29.3. The molecule has 228 valence electrons. The van der Waals surface area contributed by atoms with Gasteiger partial charge in [-0.05, 0) is 70.8 Å². The first-order valence-corrected chi connectivity index (χ1v) is 14.1. The average molecular weight is 601 g/mol. The Kier molecular flexibility index (Phi) is 7.60. The molecule has 0 saturated carbocycles. The van der Waals surface area contributed by atoms with Crippen molar-refractivity contribution in [2.45, 2.75) is 35.7 Å². The van der Waals surface area contributed by atoms with E-state index in [0.717, 1.165) is 5.56 Å². The van der Waals surface area contributed by atoms with Gasteiger partial charge in [-0.25, -0.2) is 0 Å². The third kappa shape index (κ3) is 4.87. The summed E-state index contributed by atoms with van der Waals surface area (Å²) in [6.07, 6.45) is -0.231. The first-order chi connectivity index (χ1) is 21.2. The van der Waals surface area contributed by atoms with Gasteiger partial charge >= 0.3 is 0 Å². The fourth-order valence-electron chi connectivity index (χ4n) is 6.23. The van der Waals surface area contributed by atoms with E-state index in [1.165, 1.54) is 36.4 Å². The van der Waals surface area contributed by atoms with Crippen molar-refractivity contribution in [3.8, 4) is 34.5 Å². The highest BCUT2D eigenvalue weighted by Gasteiger charge is 2.63. The monoisotopic (exact) mass is 600 g/mol. The zero-order valence-electron chi connectivity index (χ0n) is 23.4. The van der Waals surface area contributed by atoms with E-state index in [2.05, 4.69) is 0 Å². The summed E-state index contributed by atoms with van der Waals surface area (Å²) in [5.41, 5.74) is 1.03. The van der Waals surface area contributed by atoms with Crippen molar-refractivity contribution >= 4 is 6.08 Å². The van der Waals surface area contributed by atoms with E-state index in [4.69, 9.17) is 9.47 Å². The fourth-order valence-corrected chi connectivity index (χ4v) is 6.23. The molecule has 6 rings (SSSR count). The van der Waals surface area contributed by atoms with Crippen LogP contribution < -0.4 is 9.47 Å². The van der Waals surface area contributed by atoms with Crippen molar-refractivity contribution in [1.82, 2.24) is 0 Å². The van der Waals surface area contributed by atoms with Crippen molar-refractivity contribution in [2.75, 3.05) is 13.2 Å². The lowest BCUT2D eigenvalue weighted by molar-refractivity contribution is -0.149. The average Bonchev–Trinajstić information content (AvgIpc) is 3.29. The van der Waals surface area contributed by atoms with Crippen molar-refractivity contribution in [3.63, 3.8) is 0 Å². The molecule has 10 heteroatoms. The maximum absolute atomic E-state index is 11.4. The summed E-state index contributed by atoms with van der Waals surface area (Å²) >= 11 is 0. The molecule has 6 atom stereocenters. The number of hydrogen-bond acceptors (Lipinski definition) is 10. The third-order valence-electron chi connectivity index (χ3n) is 8.42. The molecule has 4 aromatic rings. The van der Waals surface area contributed by atoms with E-state index >= 15 is 0 Å². The van der Waals surface area contributed by atoms with Crippen LogP contribution in [0, 0.1) is 0 Å². The summed E-state index contributed by atoms with van der Waals surface area (Å²) in [6.45, 7) is -1.25. The van der Waals surface area contributed by atoms with Crippen LogP contribution in [0.2, 0.25) is 0 Å². The Balaban J connectivity index is 1.47. The van der Waals surface area contributed by atoms with Gasteiger partial charge in [-0.15, -0.1) is 0 Å². The topological polar surface area (TPSA) is 180 Å². The van der Waals surface area contributed by atoms with Gasteiger partial charge < -0.3 is 50.3 Å². The molecule has 0 amide bonds. The summed E-state index contributed by atoms with van der Waals surface area (Å²) in [7, 11) is 0. The van der Waals surface area contributed by atoms with Crippen molar-refractivity contribution < 1.29 is 50.3 Å². The molecule has 0 saturated heterocycles. The van der Waals surface area contributed by atoms with Crippen molar-refractivity contribution in [1.29, 1.82) is 0 Å². The summed E-state index contributed by atoms with van der Waals surface area (Å²) in [6, 6.07) is 20.5. The number of aromatic hydroxyl groups is 4. The lowest BCUT2D eigenvalue weighted by Gasteiger charge is -2.45. The van der Waals surface area contributed by atoms with Gasteiger partial charge in [-0.3, -0.25) is 0 Å². The molecule has 1 heterocycles. The van der Waals surface area contributed by atoms with Crippen LogP contribution in [0.25, 0.3) is 6.08 Å². The number of aliphatic hydroxyl groups excluding tert-OH is 4. The van der Waals surface area contributed by atoms with Crippen molar-refractivity contribution in [2.24, 2.45) is 0 Å². The maximum Gasteiger partial charge on any atom is 0.200 e. The van der Waals surface area contributed by atoms with Gasteiger partial charge in [-0.1, -0.05) is 42.5 Å². The van der Waals surface area contributed by atoms with Gasteiger partial charge in [0, 0.05) is 11.5 Å². The van der Waals surface area contributed by atoms with Crippen LogP contribution in [-0.4, -0.2) is 72.4 Å². The molecule has 1 aliphatic carbocycles. The lowest BCUT2D eigenvalue weighted by atomic mass is 9.83.